The van der Waals surface area contributed by atoms with Crippen LogP contribution in [0.2, 0.25) is 0 Å². The lowest BCUT2D eigenvalue weighted by Gasteiger charge is -2.38. The molecule has 2 aliphatic rings. The van der Waals surface area contributed by atoms with Gasteiger partial charge in [0.25, 0.3) is 0 Å². The number of hydrogen-bond acceptors (Lipinski definition) is 4. The number of esters is 1. The zero-order valence-corrected chi connectivity index (χ0v) is 8.49. The van der Waals surface area contributed by atoms with Gasteiger partial charge in [-0.1, -0.05) is 0 Å². The number of morpholine rings is 1. The van der Waals surface area contributed by atoms with Crippen molar-refractivity contribution >= 4 is 5.97 Å². The smallest absolute Gasteiger partial charge is 0.309 e. The molecule has 0 aromatic heterocycles. The Kier molecular flexibility index (Phi) is 3.03. The van der Waals surface area contributed by atoms with Crippen LogP contribution >= 0.6 is 0 Å². The number of rotatable bonds is 2. The Balaban J connectivity index is 1.91. The minimum absolute atomic E-state index is 0.0484. The quantitative estimate of drug-likeness (QED) is 0.650. The molecule has 2 rings (SSSR count). The van der Waals surface area contributed by atoms with Crippen molar-refractivity contribution < 1.29 is 14.3 Å². The maximum Gasteiger partial charge on any atom is 0.309 e. The van der Waals surface area contributed by atoms with E-state index in [0.29, 0.717) is 6.61 Å². The van der Waals surface area contributed by atoms with Crippen LogP contribution in [-0.4, -0.2) is 37.9 Å². The van der Waals surface area contributed by atoms with Gasteiger partial charge in [-0.3, -0.25) is 4.79 Å². The second-order valence-corrected chi connectivity index (χ2v) is 3.96. The predicted molar refractivity (Wildman–Crippen MR) is 50.9 cm³/mol. The van der Waals surface area contributed by atoms with Crippen LogP contribution in [0, 0.1) is 5.92 Å². The number of carbonyl (C=O) groups is 1. The topological polar surface area (TPSA) is 47.6 Å². The van der Waals surface area contributed by atoms with Crippen molar-refractivity contribution in [2.24, 2.45) is 5.92 Å². The van der Waals surface area contributed by atoms with Crippen LogP contribution in [0.1, 0.15) is 19.8 Å². The highest BCUT2D eigenvalue weighted by Crippen LogP contribution is 2.27. The molecule has 2 bridgehead atoms. The second kappa shape index (κ2) is 4.28. The van der Waals surface area contributed by atoms with Crippen LogP contribution in [0.5, 0.6) is 0 Å². The number of ether oxygens (including phenoxy) is 2. The van der Waals surface area contributed by atoms with Crippen molar-refractivity contribution in [1.82, 2.24) is 5.32 Å². The Hall–Kier alpha value is -0.610. The van der Waals surface area contributed by atoms with Gasteiger partial charge in [-0.2, -0.15) is 0 Å². The Morgan fingerprint density at radius 1 is 1.43 bits per heavy atom. The third-order valence-electron chi connectivity index (χ3n) is 2.84. The Morgan fingerprint density at radius 2 is 2.07 bits per heavy atom. The van der Waals surface area contributed by atoms with Gasteiger partial charge in [0.05, 0.1) is 24.7 Å². The van der Waals surface area contributed by atoms with E-state index in [9.17, 15) is 4.79 Å². The lowest BCUT2D eigenvalue weighted by atomic mass is 9.89. The summed E-state index contributed by atoms with van der Waals surface area (Å²) >= 11 is 0. The summed E-state index contributed by atoms with van der Waals surface area (Å²) < 4.78 is 10.7. The monoisotopic (exact) mass is 199 g/mol. The minimum atomic E-state index is -0.0484. The van der Waals surface area contributed by atoms with Crippen LogP contribution in [0.3, 0.4) is 0 Å². The summed E-state index contributed by atoms with van der Waals surface area (Å²) in [5, 5.41) is 3.30. The van der Waals surface area contributed by atoms with E-state index in [-0.39, 0.29) is 24.1 Å². The van der Waals surface area contributed by atoms with Gasteiger partial charge in [0.1, 0.15) is 0 Å². The van der Waals surface area contributed by atoms with Gasteiger partial charge < -0.3 is 14.8 Å². The van der Waals surface area contributed by atoms with Gasteiger partial charge in [0.2, 0.25) is 0 Å². The van der Waals surface area contributed by atoms with Crippen molar-refractivity contribution in [3.8, 4) is 0 Å². The van der Waals surface area contributed by atoms with Crippen LogP contribution in [0.4, 0.5) is 0 Å². The molecule has 2 heterocycles. The Labute approximate surface area is 84.0 Å². The van der Waals surface area contributed by atoms with Crippen LogP contribution in [0.15, 0.2) is 0 Å². The average molecular weight is 199 g/mol. The molecule has 0 radical (unpaired) electrons. The maximum atomic E-state index is 11.5. The molecule has 4 nitrogen and oxygen atoms in total. The molecule has 3 atom stereocenters. The average Bonchev–Trinajstić information content (AvgIpc) is 2.17. The van der Waals surface area contributed by atoms with Crippen molar-refractivity contribution in [3.63, 3.8) is 0 Å². The normalized spacial score (nSPS) is 36.5. The molecule has 0 aliphatic carbocycles. The zero-order chi connectivity index (χ0) is 9.97. The van der Waals surface area contributed by atoms with E-state index in [1.807, 2.05) is 6.92 Å². The fraction of sp³-hybridized carbons (Fsp3) is 0.900. The predicted octanol–water partition coefficient (Wildman–Crippen LogP) is 0.317. The van der Waals surface area contributed by atoms with E-state index < -0.39 is 0 Å². The maximum absolute atomic E-state index is 11.5. The van der Waals surface area contributed by atoms with Gasteiger partial charge in [-0.25, -0.2) is 0 Å². The minimum Gasteiger partial charge on any atom is -0.466 e. The summed E-state index contributed by atoms with van der Waals surface area (Å²) in [7, 11) is 0. The molecule has 2 aliphatic heterocycles. The second-order valence-electron chi connectivity index (χ2n) is 3.96. The van der Waals surface area contributed by atoms with Crippen molar-refractivity contribution in [3.05, 3.63) is 0 Å². The molecule has 4 heteroatoms. The molecule has 80 valence electrons. The van der Waals surface area contributed by atoms with Gasteiger partial charge >= 0.3 is 5.97 Å². The van der Waals surface area contributed by atoms with E-state index in [0.717, 1.165) is 25.9 Å². The molecular weight excluding hydrogens is 182 g/mol. The third kappa shape index (κ3) is 2.07. The number of fused-ring (bicyclic) bond motifs is 2. The standard InChI is InChI=1S/C10H17NO3/c1-2-13-10(12)7-3-8-5-11-6-9(4-7)14-8/h7-9,11H,2-6H2,1H3/t7?,8-,9+. The SMILES string of the molecule is CCOC(=O)C1C[C@H]2CNC[C@@H](C1)O2. The largest absolute Gasteiger partial charge is 0.466 e. The molecule has 0 aromatic carbocycles. The van der Waals surface area contributed by atoms with Gasteiger partial charge in [0.15, 0.2) is 0 Å². The molecule has 2 fully saturated rings. The van der Waals surface area contributed by atoms with Crippen LogP contribution < -0.4 is 5.32 Å². The van der Waals surface area contributed by atoms with Crippen molar-refractivity contribution in [1.29, 1.82) is 0 Å². The first kappa shape index (κ1) is 9.93. The molecule has 0 saturated carbocycles. The molecule has 14 heavy (non-hydrogen) atoms. The van der Waals surface area contributed by atoms with E-state index in [4.69, 9.17) is 9.47 Å². The molecule has 0 aromatic rings. The highest BCUT2D eigenvalue weighted by Gasteiger charge is 2.36. The Bertz CT molecular complexity index is 207. The third-order valence-corrected chi connectivity index (χ3v) is 2.84. The fourth-order valence-corrected chi connectivity index (χ4v) is 2.23. The molecule has 1 N–H and O–H groups in total. The van der Waals surface area contributed by atoms with Gasteiger partial charge in [-0.05, 0) is 19.8 Å². The first-order valence-corrected chi connectivity index (χ1v) is 5.32. The van der Waals surface area contributed by atoms with E-state index in [2.05, 4.69) is 5.32 Å². The summed E-state index contributed by atoms with van der Waals surface area (Å²) in [6.45, 7) is 4.06. The molecule has 2 saturated heterocycles. The summed E-state index contributed by atoms with van der Waals surface area (Å²) in [5.74, 6) is 0.00787. The van der Waals surface area contributed by atoms with Crippen LogP contribution in [0.25, 0.3) is 0 Å². The fourth-order valence-electron chi connectivity index (χ4n) is 2.23. The lowest BCUT2D eigenvalue weighted by molar-refractivity contribution is -0.159. The molecule has 1 unspecified atom stereocenters. The molecule has 0 spiro atoms. The zero-order valence-electron chi connectivity index (χ0n) is 8.49. The van der Waals surface area contributed by atoms with Crippen molar-refractivity contribution in [2.45, 2.75) is 32.0 Å². The van der Waals surface area contributed by atoms with Gasteiger partial charge in [0, 0.05) is 13.1 Å². The van der Waals surface area contributed by atoms with Gasteiger partial charge in [-0.15, -0.1) is 0 Å². The van der Waals surface area contributed by atoms with Crippen molar-refractivity contribution in [2.75, 3.05) is 19.7 Å². The summed E-state index contributed by atoms with van der Waals surface area (Å²) in [6.07, 6.45) is 2.03. The number of nitrogens with one attached hydrogen (secondary N) is 1. The number of hydrogen-bond donors (Lipinski definition) is 1. The van der Waals surface area contributed by atoms with E-state index in [1.165, 1.54) is 0 Å². The molecular formula is C10H17NO3. The number of carbonyl (C=O) groups excluding carboxylic acids is 1. The first-order valence-electron chi connectivity index (χ1n) is 5.32. The van der Waals surface area contributed by atoms with Crippen LogP contribution in [-0.2, 0) is 14.3 Å². The first-order chi connectivity index (χ1) is 6.79. The summed E-state index contributed by atoms with van der Waals surface area (Å²) in [5.41, 5.74) is 0. The highest BCUT2D eigenvalue weighted by atomic mass is 16.5. The molecule has 0 amide bonds. The lowest BCUT2D eigenvalue weighted by Crippen LogP contribution is -2.50. The Morgan fingerprint density at radius 3 is 2.64 bits per heavy atom. The van der Waals surface area contributed by atoms with E-state index >= 15 is 0 Å². The summed E-state index contributed by atoms with van der Waals surface area (Å²) in [4.78, 5) is 11.5. The summed E-state index contributed by atoms with van der Waals surface area (Å²) in [6, 6.07) is 0. The van der Waals surface area contributed by atoms with E-state index in [1.54, 1.807) is 0 Å². The highest BCUT2D eigenvalue weighted by molar-refractivity contribution is 5.72.